The Kier molecular flexibility index (Phi) is 3.45. The van der Waals surface area contributed by atoms with Crippen LogP contribution in [0.5, 0.6) is 5.75 Å². The lowest BCUT2D eigenvalue weighted by Crippen LogP contribution is -2.58. The number of methoxy groups -OCH3 is 1. The zero-order valence-corrected chi connectivity index (χ0v) is 11.5. The molecule has 0 aliphatic carbocycles. The van der Waals surface area contributed by atoms with E-state index >= 15 is 0 Å². The van der Waals surface area contributed by atoms with Gasteiger partial charge in [-0.15, -0.1) is 0 Å². The minimum absolute atomic E-state index is 0.0310. The lowest BCUT2D eigenvalue weighted by molar-refractivity contribution is 0.270. The van der Waals surface area contributed by atoms with Gasteiger partial charge in [0, 0.05) is 18.5 Å². The van der Waals surface area contributed by atoms with Crippen molar-refractivity contribution in [2.24, 2.45) is 0 Å². The summed E-state index contributed by atoms with van der Waals surface area (Å²) in [5.74, 6) is 0.726. The van der Waals surface area contributed by atoms with Crippen molar-refractivity contribution < 1.29 is 9.13 Å². The second-order valence-corrected chi connectivity index (χ2v) is 5.38. The molecule has 0 spiro atoms. The topological polar surface area (TPSA) is 21.3 Å². The highest BCUT2D eigenvalue weighted by Crippen LogP contribution is 2.35. The molecule has 0 aromatic heterocycles. The minimum atomic E-state index is -0.172. The predicted molar refractivity (Wildman–Crippen MR) is 77.6 cm³/mol. The van der Waals surface area contributed by atoms with Crippen LogP contribution in [-0.4, -0.2) is 20.2 Å². The van der Waals surface area contributed by atoms with Gasteiger partial charge in [-0.3, -0.25) is 0 Å². The first-order valence-corrected chi connectivity index (χ1v) is 6.82. The van der Waals surface area contributed by atoms with Crippen molar-refractivity contribution in [3.8, 4) is 5.75 Å². The van der Waals surface area contributed by atoms with Crippen LogP contribution in [0.1, 0.15) is 11.1 Å². The van der Waals surface area contributed by atoms with E-state index in [0.29, 0.717) is 0 Å². The molecule has 1 fully saturated rings. The summed E-state index contributed by atoms with van der Waals surface area (Å²) in [5.41, 5.74) is 2.19. The second-order valence-electron chi connectivity index (χ2n) is 5.38. The number of para-hydroxylation sites is 1. The van der Waals surface area contributed by atoms with E-state index in [2.05, 4.69) is 11.4 Å². The van der Waals surface area contributed by atoms with Gasteiger partial charge in [-0.05, 0) is 35.7 Å². The summed E-state index contributed by atoms with van der Waals surface area (Å²) >= 11 is 0. The number of hydrogen-bond acceptors (Lipinski definition) is 2. The van der Waals surface area contributed by atoms with E-state index in [1.165, 1.54) is 11.6 Å². The molecule has 2 aromatic carbocycles. The van der Waals surface area contributed by atoms with Gasteiger partial charge in [0.25, 0.3) is 0 Å². The van der Waals surface area contributed by atoms with Crippen molar-refractivity contribution in [2.75, 3.05) is 20.2 Å². The summed E-state index contributed by atoms with van der Waals surface area (Å²) in [7, 11) is 1.69. The van der Waals surface area contributed by atoms with Gasteiger partial charge >= 0.3 is 0 Å². The first-order chi connectivity index (χ1) is 9.73. The van der Waals surface area contributed by atoms with Crippen molar-refractivity contribution in [3.63, 3.8) is 0 Å². The number of nitrogens with one attached hydrogen (secondary N) is 1. The number of halogens is 1. The Balaban J connectivity index is 1.94. The lowest BCUT2D eigenvalue weighted by atomic mass is 9.71. The zero-order valence-electron chi connectivity index (χ0n) is 11.5. The Morgan fingerprint density at radius 3 is 2.60 bits per heavy atom. The highest BCUT2D eigenvalue weighted by Gasteiger charge is 2.39. The summed E-state index contributed by atoms with van der Waals surface area (Å²) in [6.07, 6.45) is 0.855. The van der Waals surface area contributed by atoms with E-state index in [1.807, 2.05) is 24.3 Å². The van der Waals surface area contributed by atoms with Crippen molar-refractivity contribution in [2.45, 2.75) is 11.8 Å². The van der Waals surface area contributed by atoms with Gasteiger partial charge in [0.05, 0.1) is 7.11 Å². The molecule has 3 heteroatoms. The third-order valence-electron chi connectivity index (χ3n) is 4.09. The zero-order chi connectivity index (χ0) is 14.0. The molecule has 0 atom stereocenters. The van der Waals surface area contributed by atoms with Gasteiger partial charge in [-0.1, -0.05) is 30.3 Å². The van der Waals surface area contributed by atoms with Crippen LogP contribution in [-0.2, 0) is 11.8 Å². The molecular weight excluding hydrogens is 253 g/mol. The van der Waals surface area contributed by atoms with Crippen LogP contribution < -0.4 is 10.1 Å². The Bertz CT molecular complexity index is 607. The molecule has 0 unspecified atom stereocenters. The fourth-order valence-corrected chi connectivity index (χ4v) is 2.89. The number of benzene rings is 2. The van der Waals surface area contributed by atoms with Gasteiger partial charge in [0.2, 0.25) is 0 Å². The molecule has 0 radical (unpaired) electrons. The van der Waals surface area contributed by atoms with E-state index in [9.17, 15) is 4.39 Å². The van der Waals surface area contributed by atoms with Crippen LogP contribution in [0.4, 0.5) is 4.39 Å². The van der Waals surface area contributed by atoms with Crippen LogP contribution in [0.3, 0.4) is 0 Å². The van der Waals surface area contributed by atoms with Gasteiger partial charge in [-0.25, -0.2) is 4.39 Å². The van der Waals surface area contributed by atoms with Crippen molar-refractivity contribution >= 4 is 0 Å². The van der Waals surface area contributed by atoms with Crippen LogP contribution in [0, 0.1) is 5.82 Å². The van der Waals surface area contributed by atoms with Crippen molar-refractivity contribution in [1.29, 1.82) is 0 Å². The minimum Gasteiger partial charge on any atom is -0.496 e. The molecular formula is C17H18FNO. The predicted octanol–water partition coefficient (Wildman–Crippen LogP) is 2.92. The quantitative estimate of drug-likeness (QED) is 0.923. The number of ether oxygens (including phenoxy) is 1. The van der Waals surface area contributed by atoms with E-state index in [0.717, 1.165) is 30.8 Å². The van der Waals surface area contributed by atoms with Gasteiger partial charge in [-0.2, -0.15) is 0 Å². The SMILES string of the molecule is COc1ccccc1CC1(c2cccc(F)c2)CNC1. The summed E-state index contributed by atoms with van der Waals surface area (Å²) < 4.78 is 18.9. The molecule has 0 bridgehead atoms. The molecule has 2 aromatic rings. The summed E-state index contributed by atoms with van der Waals surface area (Å²) in [4.78, 5) is 0. The molecule has 20 heavy (non-hydrogen) atoms. The van der Waals surface area contributed by atoms with Crippen molar-refractivity contribution in [1.82, 2.24) is 5.32 Å². The van der Waals surface area contributed by atoms with E-state index in [1.54, 1.807) is 19.2 Å². The second kappa shape index (κ2) is 5.25. The Morgan fingerprint density at radius 1 is 1.15 bits per heavy atom. The highest BCUT2D eigenvalue weighted by molar-refractivity contribution is 5.39. The van der Waals surface area contributed by atoms with E-state index < -0.39 is 0 Å². The lowest BCUT2D eigenvalue weighted by Gasteiger charge is -2.43. The van der Waals surface area contributed by atoms with Crippen LogP contribution >= 0.6 is 0 Å². The fraction of sp³-hybridized carbons (Fsp3) is 0.294. The molecule has 104 valence electrons. The average molecular weight is 271 g/mol. The third-order valence-corrected chi connectivity index (χ3v) is 4.09. The molecule has 0 saturated carbocycles. The Hall–Kier alpha value is -1.87. The highest BCUT2D eigenvalue weighted by atomic mass is 19.1. The number of rotatable bonds is 4. The normalized spacial score (nSPS) is 16.5. The monoisotopic (exact) mass is 271 g/mol. The fourth-order valence-electron chi connectivity index (χ4n) is 2.89. The number of hydrogen-bond donors (Lipinski definition) is 1. The molecule has 3 rings (SSSR count). The molecule has 0 amide bonds. The molecule has 1 saturated heterocycles. The van der Waals surface area contributed by atoms with Crippen molar-refractivity contribution in [3.05, 3.63) is 65.5 Å². The van der Waals surface area contributed by atoms with E-state index in [4.69, 9.17) is 4.74 Å². The van der Waals surface area contributed by atoms with Crippen LogP contribution in [0.2, 0.25) is 0 Å². The summed E-state index contributed by atoms with van der Waals surface area (Å²) in [6.45, 7) is 1.74. The first-order valence-electron chi connectivity index (χ1n) is 6.82. The molecule has 2 nitrogen and oxygen atoms in total. The molecule has 1 aliphatic rings. The van der Waals surface area contributed by atoms with Gasteiger partial charge in [0.1, 0.15) is 11.6 Å². The maximum Gasteiger partial charge on any atom is 0.123 e. The maximum atomic E-state index is 13.5. The van der Waals surface area contributed by atoms with Gasteiger partial charge < -0.3 is 10.1 Å². The Labute approximate surface area is 118 Å². The molecule has 1 N–H and O–H groups in total. The smallest absolute Gasteiger partial charge is 0.123 e. The molecule has 1 aliphatic heterocycles. The molecule has 1 heterocycles. The van der Waals surface area contributed by atoms with Crippen LogP contribution in [0.15, 0.2) is 48.5 Å². The summed E-state index contributed by atoms with van der Waals surface area (Å²) in [6, 6.07) is 15.0. The third kappa shape index (κ3) is 2.29. The average Bonchev–Trinajstić information content (AvgIpc) is 2.43. The van der Waals surface area contributed by atoms with Crippen LogP contribution in [0.25, 0.3) is 0 Å². The van der Waals surface area contributed by atoms with Gasteiger partial charge in [0.15, 0.2) is 0 Å². The maximum absolute atomic E-state index is 13.5. The Morgan fingerprint density at radius 2 is 1.95 bits per heavy atom. The van der Waals surface area contributed by atoms with E-state index in [-0.39, 0.29) is 11.2 Å². The largest absolute Gasteiger partial charge is 0.496 e. The summed E-state index contributed by atoms with van der Waals surface area (Å²) in [5, 5.41) is 3.31. The standard InChI is InChI=1S/C17H18FNO/c1-20-16-8-3-2-5-13(16)10-17(11-19-12-17)14-6-4-7-15(18)9-14/h2-9,19H,10-12H2,1H3. The first kappa shape index (κ1) is 13.1.